The maximum absolute atomic E-state index is 14.3. The molecular weight excluding hydrogens is 429 g/mol. The molecule has 29 heavy (non-hydrogen) atoms. The van der Waals surface area contributed by atoms with E-state index >= 15 is 0 Å². The summed E-state index contributed by atoms with van der Waals surface area (Å²) in [6.07, 6.45) is 0. The van der Waals surface area contributed by atoms with Crippen LogP contribution in [-0.2, 0) is 0 Å². The number of aliphatic hydroxyl groups excluding tert-OH is 1. The van der Waals surface area contributed by atoms with Crippen molar-refractivity contribution < 1.29 is 53.4 Å². The molecule has 0 unspecified atom stereocenters. The van der Waals surface area contributed by atoms with Crippen LogP contribution in [0.25, 0.3) is 0 Å². The summed E-state index contributed by atoms with van der Waals surface area (Å²) in [4.78, 5) is 0. The molecule has 0 aromatic carbocycles. The van der Waals surface area contributed by atoms with Crippen molar-refractivity contribution in [2.45, 2.75) is 0 Å². The Morgan fingerprint density at radius 3 is 0.759 bits per heavy atom. The Balaban J connectivity index is 7.60. The monoisotopic (exact) mass is 454 g/mol. The number of halogens is 11. The average molecular weight is 454 g/mol. The van der Waals surface area contributed by atoms with Crippen LogP contribution in [0.4, 0.5) is 48.3 Å². The lowest BCUT2D eigenvalue weighted by molar-refractivity contribution is -0.264. The zero-order valence-electron chi connectivity index (χ0n) is 15.6. The number of hydrogen-bond acceptors (Lipinski definition) is 1. The van der Waals surface area contributed by atoms with Gasteiger partial charge in [0.2, 0.25) is 0 Å². The summed E-state index contributed by atoms with van der Waals surface area (Å²) < 4.78 is 154. The molecule has 0 aliphatic rings. The molecule has 0 amide bonds. The van der Waals surface area contributed by atoms with Gasteiger partial charge >= 0.3 is 0 Å². The van der Waals surface area contributed by atoms with Crippen molar-refractivity contribution in [3.63, 3.8) is 0 Å². The summed E-state index contributed by atoms with van der Waals surface area (Å²) in [5.41, 5.74) is -17.9. The van der Waals surface area contributed by atoms with Gasteiger partial charge in [-0.1, -0.05) is 0 Å². The lowest BCUT2D eigenvalue weighted by Gasteiger charge is -2.63. The van der Waals surface area contributed by atoms with Crippen molar-refractivity contribution in [1.82, 2.24) is 0 Å². The summed E-state index contributed by atoms with van der Waals surface area (Å²) in [7, 11) is 0. The third-order valence-electron chi connectivity index (χ3n) is 6.81. The topological polar surface area (TPSA) is 20.2 Å². The second-order valence-electron chi connectivity index (χ2n) is 7.44. The minimum atomic E-state index is -3.81. The number of hydrogen-bond donors (Lipinski definition) is 1. The Labute approximate surface area is 161 Å². The normalized spacial score (nSPS) is 14.5. The molecule has 0 atom stereocenters. The highest BCUT2D eigenvalue weighted by molar-refractivity contribution is 5.19. The smallest absolute Gasteiger partial charge is 0.101 e. The summed E-state index contributed by atoms with van der Waals surface area (Å²) in [6, 6.07) is 0. The second-order valence-corrected chi connectivity index (χ2v) is 7.44. The maximum atomic E-state index is 14.3. The van der Waals surface area contributed by atoms with Gasteiger partial charge in [-0.3, -0.25) is 48.3 Å². The predicted octanol–water partition coefficient (Wildman–Crippen LogP) is 4.58. The van der Waals surface area contributed by atoms with Crippen LogP contribution in [0.1, 0.15) is 0 Å². The molecule has 0 saturated carbocycles. The fourth-order valence-electron chi connectivity index (χ4n) is 4.19. The zero-order chi connectivity index (χ0) is 23.0. The van der Waals surface area contributed by atoms with Crippen LogP contribution in [0.2, 0.25) is 0 Å². The first-order valence-electron chi connectivity index (χ1n) is 8.50. The van der Waals surface area contributed by atoms with Crippen LogP contribution in [0.5, 0.6) is 0 Å². The van der Waals surface area contributed by atoms with Crippen LogP contribution < -0.4 is 0 Å². The maximum Gasteiger partial charge on any atom is 0.101 e. The molecule has 0 bridgehead atoms. The van der Waals surface area contributed by atoms with Crippen molar-refractivity contribution >= 4 is 0 Å². The molecule has 176 valence electrons. The van der Waals surface area contributed by atoms with Gasteiger partial charge < -0.3 is 5.11 Å². The molecule has 1 N–H and O–H groups in total. The highest BCUT2D eigenvalue weighted by atomic mass is 19.2. The SMILES string of the molecule is OCC(CF)(CF)C(CF)(CF)C(CF)(CF)C(CF)(CF)C(CF)(CF)CF. The zero-order valence-corrected chi connectivity index (χ0v) is 15.6. The van der Waals surface area contributed by atoms with E-state index < -0.39 is 107 Å². The van der Waals surface area contributed by atoms with Crippen molar-refractivity contribution in [2.75, 3.05) is 80.0 Å². The molecule has 1 nitrogen and oxygen atoms in total. The molecule has 0 saturated heterocycles. The molecule has 0 aromatic rings. The Morgan fingerprint density at radius 1 is 0.345 bits per heavy atom. The van der Waals surface area contributed by atoms with E-state index in [1.165, 1.54) is 0 Å². The van der Waals surface area contributed by atoms with Gasteiger partial charge in [0.25, 0.3) is 0 Å². The van der Waals surface area contributed by atoms with Gasteiger partial charge in [-0.2, -0.15) is 0 Å². The van der Waals surface area contributed by atoms with E-state index in [4.69, 9.17) is 0 Å². The van der Waals surface area contributed by atoms with E-state index in [-0.39, 0.29) is 0 Å². The number of rotatable bonds is 16. The van der Waals surface area contributed by atoms with Crippen molar-refractivity contribution in [3.8, 4) is 0 Å². The third kappa shape index (κ3) is 3.40. The van der Waals surface area contributed by atoms with Gasteiger partial charge in [0.1, 0.15) is 33.4 Å². The molecule has 0 aliphatic carbocycles. The fourth-order valence-corrected chi connectivity index (χ4v) is 4.19. The van der Waals surface area contributed by atoms with E-state index in [1.807, 2.05) is 0 Å². The highest BCUT2D eigenvalue weighted by Crippen LogP contribution is 2.66. The minimum Gasteiger partial charge on any atom is -0.396 e. The van der Waals surface area contributed by atoms with Crippen LogP contribution in [0.15, 0.2) is 0 Å². The lowest BCUT2D eigenvalue weighted by atomic mass is 9.40. The van der Waals surface area contributed by atoms with Crippen molar-refractivity contribution in [3.05, 3.63) is 0 Å². The summed E-state index contributed by atoms with van der Waals surface area (Å²) in [5, 5.41) is 9.45. The van der Waals surface area contributed by atoms with E-state index in [1.54, 1.807) is 0 Å². The first-order valence-corrected chi connectivity index (χ1v) is 8.50. The molecule has 0 spiro atoms. The van der Waals surface area contributed by atoms with Crippen LogP contribution in [0.3, 0.4) is 0 Å². The number of alkyl halides is 11. The molecule has 0 heterocycles. The Kier molecular flexibility index (Phi) is 10.7. The van der Waals surface area contributed by atoms with Gasteiger partial charge in [-0.15, -0.1) is 0 Å². The van der Waals surface area contributed by atoms with Gasteiger partial charge in [-0.05, 0) is 0 Å². The van der Waals surface area contributed by atoms with E-state index in [2.05, 4.69) is 0 Å². The molecular formula is C17H25F11O. The molecule has 0 aliphatic heterocycles. The van der Waals surface area contributed by atoms with Crippen molar-refractivity contribution in [1.29, 1.82) is 0 Å². The van der Waals surface area contributed by atoms with E-state index in [9.17, 15) is 53.4 Å². The molecule has 0 rings (SSSR count). The summed E-state index contributed by atoms with van der Waals surface area (Å²) in [6.45, 7) is -27.2. The first kappa shape index (κ1) is 28.2. The first-order chi connectivity index (χ1) is 13.7. The Hall–Kier alpha value is -0.810. The third-order valence-corrected chi connectivity index (χ3v) is 6.81. The van der Waals surface area contributed by atoms with Crippen molar-refractivity contribution in [2.24, 2.45) is 27.1 Å². The quantitative estimate of drug-likeness (QED) is 0.339. The molecule has 12 heteroatoms. The molecule has 0 radical (unpaired) electrons. The summed E-state index contributed by atoms with van der Waals surface area (Å²) in [5.74, 6) is 0. The Morgan fingerprint density at radius 2 is 0.586 bits per heavy atom. The average Bonchev–Trinajstić information content (AvgIpc) is 2.79. The predicted molar refractivity (Wildman–Crippen MR) is 85.0 cm³/mol. The van der Waals surface area contributed by atoms with Gasteiger partial charge in [-0.25, -0.2) is 0 Å². The summed E-state index contributed by atoms with van der Waals surface area (Å²) >= 11 is 0. The highest BCUT2D eigenvalue weighted by Gasteiger charge is 2.75. The van der Waals surface area contributed by atoms with Gasteiger partial charge in [0.15, 0.2) is 0 Å². The lowest BCUT2D eigenvalue weighted by Crippen LogP contribution is -2.73. The second kappa shape index (κ2) is 11.0. The van der Waals surface area contributed by atoms with Crippen LogP contribution in [0, 0.1) is 27.1 Å². The largest absolute Gasteiger partial charge is 0.396 e. The van der Waals surface area contributed by atoms with Crippen LogP contribution in [-0.4, -0.2) is 85.1 Å². The van der Waals surface area contributed by atoms with Crippen LogP contribution >= 0.6 is 0 Å². The standard InChI is InChI=1S/C17H25F11O/c18-1-13(2-19,3-20)15(6-23,7-24)17(10-27,11-28)16(8-25,9-26)14(4-21,5-22)12-29/h29H,1-12H2. The van der Waals surface area contributed by atoms with Gasteiger partial charge in [0, 0.05) is 0 Å². The fraction of sp³-hybridized carbons (Fsp3) is 1.00. The van der Waals surface area contributed by atoms with E-state index in [0.717, 1.165) is 0 Å². The molecule has 0 aromatic heterocycles. The number of aliphatic hydroxyl groups is 1. The van der Waals surface area contributed by atoms with Gasteiger partial charge in [0.05, 0.1) is 73.7 Å². The molecule has 0 fully saturated rings. The van der Waals surface area contributed by atoms with E-state index in [0.29, 0.717) is 0 Å². The minimum absolute atomic E-state index is 1.77. The Bertz CT molecular complexity index is 402.